The van der Waals surface area contributed by atoms with Crippen molar-refractivity contribution < 1.29 is 14.3 Å². The summed E-state index contributed by atoms with van der Waals surface area (Å²) in [6, 6.07) is 6.86. The summed E-state index contributed by atoms with van der Waals surface area (Å²) in [5.74, 6) is -0.229. The molecule has 2 rings (SSSR count). The number of rotatable bonds is 4. The molecule has 1 fully saturated rings. The maximum absolute atomic E-state index is 12.9. The van der Waals surface area contributed by atoms with Crippen LogP contribution in [0.5, 0.6) is 0 Å². The standard InChI is InChI=1S/C19H28N2O3/c1-12(2)17(19(23)21-10-14(4)24-15(5)11-21)20-18(22)16-8-6-7-13(3)9-16/h6-9,12,14-15,17H,10-11H2,1-5H3,(H,20,22). The average molecular weight is 332 g/mol. The molecule has 2 amide bonds. The minimum Gasteiger partial charge on any atom is -0.372 e. The lowest BCUT2D eigenvalue weighted by Gasteiger charge is -2.38. The normalized spacial score (nSPS) is 22.3. The van der Waals surface area contributed by atoms with Gasteiger partial charge in [0.2, 0.25) is 5.91 Å². The minimum absolute atomic E-state index is 0.0120. The minimum atomic E-state index is -0.532. The van der Waals surface area contributed by atoms with Crippen LogP contribution in [-0.4, -0.2) is 48.1 Å². The van der Waals surface area contributed by atoms with Gasteiger partial charge in [-0.15, -0.1) is 0 Å². The van der Waals surface area contributed by atoms with Gasteiger partial charge in [0.15, 0.2) is 0 Å². The van der Waals surface area contributed by atoms with Gasteiger partial charge in [0.25, 0.3) is 5.91 Å². The fourth-order valence-electron chi connectivity index (χ4n) is 3.08. The lowest BCUT2D eigenvalue weighted by molar-refractivity contribution is -0.146. The summed E-state index contributed by atoms with van der Waals surface area (Å²) in [6.07, 6.45) is 0.0240. The molecule has 1 aliphatic heterocycles. The lowest BCUT2D eigenvalue weighted by atomic mass is 10.0. The highest BCUT2D eigenvalue weighted by Crippen LogP contribution is 2.15. The van der Waals surface area contributed by atoms with Crippen molar-refractivity contribution in [3.63, 3.8) is 0 Å². The zero-order chi connectivity index (χ0) is 17.9. The van der Waals surface area contributed by atoms with E-state index in [2.05, 4.69) is 5.32 Å². The topological polar surface area (TPSA) is 58.6 Å². The van der Waals surface area contributed by atoms with Crippen LogP contribution in [-0.2, 0) is 9.53 Å². The van der Waals surface area contributed by atoms with E-state index in [1.54, 1.807) is 11.0 Å². The molecule has 0 radical (unpaired) electrons. The van der Waals surface area contributed by atoms with E-state index >= 15 is 0 Å². The van der Waals surface area contributed by atoms with E-state index in [0.717, 1.165) is 5.56 Å². The molecule has 132 valence electrons. The van der Waals surface area contributed by atoms with Gasteiger partial charge in [-0.2, -0.15) is 0 Å². The third-order valence-corrected chi connectivity index (χ3v) is 4.23. The SMILES string of the molecule is Cc1cccc(C(=O)NC(C(=O)N2CC(C)OC(C)C2)C(C)C)c1. The maximum atomic E-state index is 12.9. The van der Waals surface area contributed by atoms with E-state index in [0.29, 0.717) is 18.7 Å². The Morgan fingerprint density at radius 3 is 2.38 bits per heavy atom. The van der Waals surface area contributed by atoms with E-state index < -0.39 is 6.04 Å². The molecular formula is C19H28N2O3. The van der Waals surface area contributed by atoms with Crippen LogP contribution in [0, 0.1) is 12.8 Å². The fourth-order valence-corrected chi connectivity index (χ4v) is 3.08. The number of hydrogen-bond donors (Lipinski definition) is 1. The molecule has 0 spiro atoms. The first kappa shape index (κ1) is 18.5. The Kier molecular flexibility index (Phi) is 5.99. The highest BCUT2D eigenvalue weighted by atomic mass is 16.5. The number of carbonyl (C=O) groups is 2. The van der Waals surface area contributed by atoms with E-state index in [-0.39, 0.29) is 29.9 Å². The summed E-state index contributed by atoms with van der Waals surface area (Å²) < 4.78 is 5.69. The molecule has 5 heteroatoms. The molecule has 0 saturated carbocycles. The van der Waals surface area contributed by atoms with Gasteiger partial charge in [0.1, 0.15) is 6.04 Å². The van der Waals surface area contributed by atoms with E-state index in [1.165, 1.54) is 0 Å². The third kappa shape index (κ3) is 4.57. The van der Waals surface area contributed by atoms with Crippen molar-refractivity contribution in [2.75, 3.05) is 13.1 Å². The molecule has 5 nitrogen and oxygen atoms in total. The third-order valence-electron chi connectivity index (χ3n) is 4.23. The number of nitrogens with one attached hydrogen (secondary N) is 1. The van der Waals surface area contributed by atoms with Crippen LogP contribution in [0.1, 0.15) is 43.6 Å². The molecule has 0 bridgehead atoms. The molecule has 0 aromatic heterocycles. The van der Waals surface area contributed by atoms with Crippen LogP contribution in [0.4, 0.5) is 0 Å². The molecule has 3 unspecified atom stereocenters. The van der Waals surface area contributed by atoms with E-state index in [1.807, 2.05) is 52.8 Å². The molecule has 1 aromatic rings. The number of ether oxygens (including phenoxy) is 1. The first-order valence-corrected chi connectivity index (χ1v) is 8.59. The largest absolute Gasteiger partial charge is 0.372 e. The molecule has 1 aromatic carbocycles. The Labute approximate surface area is 144 Å². The molecule has 1 saturated heterocycles. The molecule has 1 aliphatic rings. The first-order chi connectivity index (χ1) is 11.3. The summed E-state index contributed by atoms with van der Waals surface area (Å²) >= 11 is 0. The second kappa shape index (κ2) is 7.79. The van der Waals surface area contributed by atoms with Gasteiger partial charge in [-0.25, -0.2) is 0 Å². The highest BCUT2D eigenvalue weighted by molar-refractivity contribution is 5.97. The second-order valence-electron chi connectivity index (χ2n) is 7.07. The van der Waals surface area contributed by atoms with E-state index in [9.17, 15) is 9.59 Å². The van der Waals surface area contributed by atoms with Crippen LogP contribution >= 0.6 is 0 Å². The monoisotopic (exact) mass is 332 g/mol. The number of aryl methyl sites for hydroxylation is 1. The molecule has 1 N–H and O–H groups in total. The number of morpholine rings is 1. The van der Waals surface area contributed by atoms with Crippen LogP contribution in [0.25, 0.3) is 0 Å². The zero-order valence-corrected chi connectivity index (χ0v) is 15.2. The van der Waals surface area contributed by atoms with Crippen molar-refractivity contribution >= 4 is 11.8 Å². The lowest BCUT2D eigenvalue weighted by Crippen LogP contribution is -2.56. The number of benzene rings is 1. The van der Waals surface area contributed by atoms with Crippen molar-refractivity contribution in [1.82, 2.24) is 10.2 Å². The fraction of sp³-hybridized carbons (Fsp3) is 0.579. The average Bonchev–Trinajstić information content (AvgIpc) is 2.50. The van der Waals surface area contributed by atoms with E-state index in [4.69, 9.17) is 4.74 Å². The maximum Gasteiger partial charge on any atom is 0.251 e. The smallest absolute Gasteiger partial charge is 0.251 e. The van der Waals surface area contributed by atoms with Gasteiger partial charge in [-0.3, -0.25) is 9.59 Å². The summed E-state index contributed by atoms with van der Waals surface area (Å²) in [5, 5.41) is 2.92. The van der Waals surface area contributed by atoms with Crippen molar-refractivity contribution in [3.05, 3.63) is 35.4 Å². The Bertz CT molecular complexity index is 590. The second-order valence-corrected chi connectivity index (χ2v) is 7.07. The number of amides is 2. The van der Waals surface area contributed by atoms with Crippen LogP contribution in [0.3, 0.4) is 0 Å². The van der Waals surface area contributed by atoms with Crippen LogP contribution < -0.4 is 5.32 Å². The molecule has 3 atom stereocenters. The summed E-state index contributed by atoms with van der Waals surface area (Å²) in [6.45, 7) is 10.9. The number of nitrogens with zero attached hydrogens (tertiary/aromatic N) is 1. The number of carbonyl (C=O) groups excluding carboxylic acids is 2. The quantitative estimate of drug-likeness (QED) is 0.921. The Balaban J connectivity index is 2.11. The molecule has 24 heavy (non-hydrogen) atoms. The van der Waals surface area contributed by atoms with Crippen LogP contribution in [0.2, 0.25) is 0 Å². The summed E-state index contributed by atoms with van der Waals surface area (Å²) in [4.78, 5) is 27.2. The van der Waals surface area contributed by atoms with Gasteiger partial charge in [0.05, 0.1) is 12.2 Å². The van der Waals surface area contributed by atoms with Crippen molar-refractivity contribution in [2.24, 2.45) is 5.92 Å². The van der Waals surface area contributed by atoms with Crippen molar-refractivity contribution in [2.45, 2.75) is 52.9 Å². The van der Waals surface area contributed by atoms with Crippen molar-refractivity contribution in [1.29, 1.82) is 0 Å². The Hall–Kier alpha value is -1.88. The molecule has 1 heterocycles. The van der Waals surface area contributed by atoms with Gasteiger partial charge in [0, 0.05) is 18.7 Å². The zero-order valence-electron chi connectivity index (χ0n) is 15.2. The molecular weight excluding hydrogens is 304 g/mol. The van der Waals surface area contributed by atoms with Gasteiger partial charge in [-0.05, 0) is 38.8 Å². The van der Waals surface area contributed by atoms with Gasteiger partial charge < -0.3 is 15.0 Å². The Morgan fingerprint density at radius 1 is 1.21 bits per heavy atom. The van der Waals surface area contributed by atoms with Crippen molar-refractivity contribution in [3.8, 4) is 0 Å². The van der Waals surface area contributed by atoms with Gasteiger partial charge in [-0.1, -0.05) is 31.5 Å². The highest BCUT2D eigenvalue weighted by Gasteiger charge is 2.33. The summed E-state index contributed by atoms with van der Waals surface area (Å²) in [5.41, 5.74) is 1.60. The first-order valence-electron chi connectivity index (χ1n) is 8.59. The van der Waals surface area contributed by atoms with Crippen LogP contribution in [0.15, 0.2) is 24.3 Å². The van der Waals surface area contributed by atoms with Gasteiger partial charge >= 0.3 is 0 Å². The predicted molar refractivity (Wildman–Crippen MR) is 93.9 cm³/mol. The number of hydrogen-bond acceptors (Lipinski definition) is 3. The Morgan fingerprint density at radius 2 is 1.83 bits per heavy atom. The molecule has 0 aliphatic carbocycles. The summed E-state index contributed by atoms with van der Waals surface area (Å²) in [7, 11) is 0. The predicted octanol–water partition coefficient (Wildman–Crippen LogP) is 2.39.